The molecule has 1 heterocycles. The van der Waals surface area contributed by atoms with E-state index in [1.165, 1.54) is 6.07 Å². The molecule has 0 radical (unpaired) electrons. The average Bonchev–Trinajstić information content (AvgIpc) is 2.78. The van der Waals surface area contributed by atoms with Crippen molar-refractivity contribution >= 4 is 27.5 Å². The summed E-state index contributed by atoms with van der Waals surface area (Å²) in [5.74, 6) is -0.109. The summed E-state index contributed by atoms with van der Waals surface area (Å²) in [5.41, 5.74) is 1.13. The number of amides is 1. The van der Waals surface area contributed by atoms with Crippen LogP contribution in [0.2, 0.25) is 0 Å². The third-order valence-electron chi connectivity index (χ3n) is 2.27. The SMILES string of the molecule is CC.CNC(=O)Cc1ccc(O)c2[nH]c(=O)sc12. The van der Waals surface area contributed by atoms with Gasteiger partial charge in [0.25, 0.3) is 0 Å². The minimum absolute atomic E-state index is 0.0222. The van der Waals surface area contributed by atoms with Gasteiger partial charge in [-0.3, -0.25) is 9.59 Å². The van der Waals surface area contributed by atoms with E-state index in [-0.39, 0.29) is 23.0 Å². The van der Waals surface area contributed by atoms with E-state index in [9.17, 15) is 14.7 Å². The topological polar surface area (TPSA) is 82.2 Å². The molecule has 0 aliphatic heterocycles. The van der Waals surface area contributed by atoms with Crippen molar-refractivity contribution in [2.45, 2.75) is 20.3 Å². The molecule has 2 aromatic rings. The number of likely N-dealkylation sites (N-methyl/N-ethyl adjacent to an activating group) is 1. The number of H-pyrrole nitrogens is 1. The molecule has 0 fully saturated rings. The van der Waals surface area contributed by atoms with Crippen LogP contribution in [-0.4, -0.2) is 23.0 Å². The number of carbonyl (C=O) groups excluding carboxylic acids is 1. The number of hydrogen-bond donors (Lipinski definition) is 3. The number of benzene rings is 1. The number of aromatic hydroxyl groups is 1. The fourth-order valence-corrected chi connectivity index (χ4v) is 2.34. The average molecular weight is 268 g/mol. The zero-order chi connectivity index (χ0) is 13.7. The molecule has 0 atom stereocenters. The highest BCUT2D eigenvalue weighted by molar-refractivity contribution is 7.16. The van der Waals surface area contributed by atoms with Gasteiger partial charge >= 0.3 is 4.87 Å². The van der Waals surface area contributed by atoms with Crippen molar-refractivity contribution in [3.8, 4) is 5.75 Å². The number of thiazole rings is 1. The van der Waals surface area contributed by atoms with Gasteiger partial charge in [-0.25, -0.2) is 0 Å². The predicted octanol–water partition coefficient (Wildman–Crippen LogP) is 1.61. The summed E-state index contributed by atoms with van der Waals surface area (Å²) in [5, 5.41) is 12.1. The van der Waals surface area contributed by atoms with Crippen LogP contribution >= 0.6 is 11.3 Å². The molecule has 0 saturated heterocycles. The van der Waals surface area contributed by atoms with Gasteiger partial charge in [0.05, 0.1) is 11.1 Å². The van der Waals surface area contributed by atoms with Gasteiger partial charge in [-0.1, -0.05) is 31.3 Å². The highest BCUT2D eigenvalue weighted by Crippen LogP contribution is 2.27. The van der Waals surface area contributed by atoms with E-state index < -0.39 is 0 Å². The maximum atomic E-state index is 11.3. The van der Waals surface area contributed by atoms with Crippen LogP contribution in [0.25, 0.3) is 10.2 Å². The molecule has 1 aromatic carbocycles. The molecule has 0 aliphatic rings. The number of fused-ring (bicyclic) bond motifs is 1. The third kappa shape index (κ3) is 2.89. The first-order valence-corrected chi connectivity index (χ1v) is 6.47. The van der Waals surface area contributed by atoms with E-state index in [0.717, 1.165) is 16.9 Å². The lowest BCUT2D eigenvalue weighted by Gasteiger charge is -2.02. The van der Waals surface area contributed by atoms with Crippen molar-refractivity contribution in [1.29, 1.82) is 0 Å². The smallest absolute Gasteiger partial charge is 0.305 e. The van der Waals surface area contributed by atoms with Gasteiger partial charge < -0.3 is 15.4 Å². The maximum absolute atomic E-state index is 11.3. The Hall–Kier alpha value is -1.82. The number of aromatic amines is 1. The second-order valence-corrected chi connectivity index (χ2v) is 4.30. The van der Waals surface area contributed by atoms with Crippen molar-refractivity contribution in [3.05, 3.63) is 27.4 Å². The van der Waals surface area contributed by atoms with Crippen LogP contribution in [0, 0.1) is 0 Å². The van der Waals surface area contributed by atoms with E-state index >= 15 is 0 Å². The molecule has 6 heteroatoms. The van der Waals surface area contributed by atoms with Gasteiger partial charge in [-0.15, -0.1) is 0 Å². The molecule has 0 aliphatic carbocycles. The number of carbonyl (C=O) groups is 1. The molecule has 5 nitrogen and oxygen atoms in total. The van der Waals surface area contributed by atoms with E-state index in [0.29, 0.717) is 10.2 Å². The molecule has 18 heavy (non-hydrogen) atoms. The molecule has 1 aromatic heterocycles. The Kier molecular flexibility index (Phi) is 4.91. The van der Waals surface area contributed by atoms with Crippen LogP contribution < -0.4 is 10.2 Å². The fourth-order valence-electron chi connectivity index (χ4n) is 1.47. The van der Waals surface area contributed by atoms with E-state index in [2.05, 4.69) is 10.3 Å². The minimum Gasteiger partial charge on any atom is -0.506 e. The molecule has 0 unspecified atom stereocenters. The largest absolute Gasteiger partial charge is 0.506 e. The molecule has 0 saturated carbocycles. The Bertz CT molecular complexity index is 601. The van der Waals surface area contributed by atoms with Crippen LogP contribution in [0.3, 0.4) is 0 Å². The van der Waals surface area contributed by atoms with Gasteiger partial charge in [0.15, 0.2) is 0 Å². The summed E-state index contributed by atoms with van der Waals surface area (Å²) < 4.78 is 0.633. The van der Waals surface area contributed by atoms with Gasteiger partial charge in [-0.2, -0.15) is 0 Å². The number of phenols is 1. The number of aromatic nitrogens is 1. The molecule has 3 N–H and O–H groups in total. The summed E-state index contributed by atoms with van der Waals surface area (Å²) >= 11 is 0.994. The third-order valence-corrected chi connectivity index (χ3v) is 3.23. The normalized spacial score (nSPS) is 9.72. The van der Waals surface area contributed by atoms with Gasteiger partial charge in [-0.05, 0) is 11.6 Å². The molecule has 2 rings (SSSR count). The Morgan fingerprint density at radius 3 is 2.72 bits per heavy atom. The number of phenolic OH excluding ortho intramolecular Hbond substituents is 1. The summed E-state index contributed by atoms with van der Waals surface area (Å²) in [6.45, 7) is 4.00. The molecule has 1 amide bonds. The highest BCUT2D eigenvalue weighted by Gasteiger charge is 2.11. The number of hydrogen-bond acceptors (Lipinski definition) is 4. The first-order valence-electron chi connectivity index (χ1n) is 5.66. The lowest BCUT2D eigenvalue weighted by Crippen LogP contribution is -2.19. The summed E-state index contributed by atoms with van der Waals surface area (Å²) in [6, 6.07) is 3.12. The fraction of sp³-hybridized carbons (Fsp3) is 0.333. The zero-order valence-electron chi connectivity index (χ0n) is 10.5. The quantitative estimate of drug-likeness (QED) is 0.774. The highest BCUT2D eigenvalue weighted by atomic mass is 32.1. The summed E-state index contributed by atoms with van der Waals surface area (Å²) in [6.07, 6.45) is 0.196. The minimum atomic E-state index is -0.241. The number of rotatable bonds is 2. The lowest BCUT2D eigenvalue weighted by molar-refractivity contribution is -0.119. The van der Waals surface area contributed by atoms with Crippen LogP contribution in [0.1, 0.15) is 19.4 Å². The first kappa shape index (κ1) is 14.2. The Morgan fingerprint density at radius 2 is 2.11 bits per heavy atom. The van der Waals surface area contributed by atoms with Crippen molar-refractivity contribution in [2.75, 3.05) is 7.05 Å². The van der Waals surface area contributed by atoms with Crippen molar-refractivity contribution in [3.63, 3.8) is 0 Å². The maximum Gasteiger partial charge on any atom is 0.305 e. The second kappa shape index (κ2) is 6.20. The zero-order valence-corrected chi connectivity index (χ0v) is 11.4. The van der Waals surface area contributed by atoms with Crippen molar-refractivity contribution in [2.24, 2.45) is 0 Å². The van der Waals surface area contributed by atoms with Gasteiger partial charge in [0.1, 0.15) is 11.3 Å². The second-order valence-electron chi connectivity index (χ2n) is 3.31. The monoisotopic (exact) mass is 268 g/mol. The standard InChI is InChI=1S/C10H10N2O3S.C2H6/c1-11-7(14)4-5-2-3-6(13)8-9(5)16-10(15)12-8;1-2/h2-3,13H,4H2,1H3,(H,11,14)(H,12,15);1-2H3. The molecule has 0 bridgehead atoms. The van der Waals surface area contributed by atoms with E-state index in [4.69, 9.17) is 0 Å². The van der Waals surface area contributed by atoms with Gasteiger partial charge in [0, 0.05) is 7.05 Å². The Balaban J connectivity index is 0.000000771. The Morgan fingerprint density at radius 1 is 1.44 bits per heavy atom. The molecular formula is C12H16N2O3S. The lowest BCUT2D eigenvalue weighted by atomic mass is 10.1. The predicted molar refractivity (Wildman–Crippen MR) is 73.2 cm³/mol. The first-order chi connectivity index (χ1) is 8.61. The number of nitrogens with one attached hydrogen (secondary N) is 2. The molecular weight excluding hydrogens is 252 g/mol. The van der Waals surface area contributed by atoms with Crippen molar-refractivity contribution in [1.82, 2.24) is 10.3 Å². The molecule has 98 valence electrons. The van der Waals surface area contributed by atoms with E-state index in [1.807, 2.05) is 13.8 Å². The summed E-state index contributed by atoms with van der Waals surface area (Å²) in [7, 11) is 1.56. The molecule has 0 spiro atoms. The van der Waals surface area contributed by atoms with Gasteiger partial charge in [0.2, 0.25) is 5.91 Å². The summed E-state index contributed by atoms with van der Waals surface area (Å²) in [4.78, 5) is 24.8. The van der Waals surface area contributed by atoms with Crippen molar-refractivity contribution < 1.29 is 9.90 Å². The van der Waals surface area contributed by atoms with Crippen LogP contribution in [0.15, 0.2) is 16.9 Å². The van der Waals surface area contributed by atoms with Crippen LogP contribution in [0.4, 0.5) is 0 Å². The van der Waals surface area contributed by atoms with E-state index in [1.54, 1.807) is 13.1 Å². The van der Waals surface area contributed by atoms with Crippen LogP contribution in [-0.2, 0) is 11.2 Å². The van der Waals surface area contributed by atoms with Crippen LogP contribution in [0.5, 0.6) is 5.75 Å². The Labute approximate surface area is 108 Å².